The fourth-order valence-corrected chi connectivity index (χ4v) is 3.82. The van der Waals surface area contributed by atoms with Gasteiger partial charge in [-0.05, 0) is 62.6 Å². The van der Waals surface area contributed by atoms with E-state index >= 15 is 0 Å². The molecule has 1 saturated carbocycles. The lowest BCUT2D eigenvalue weighted by Gasteiger charge is -2.34. The molecule has 0 aliphatic heterocycles. The summed E-state index contributed by atoms with van der Waals surface area (Å²) in [6.07, 6.45) is -2.15. The first-order chi connectivity index (χ1) is 8.91. The SMILES string of the molecule is CNC(c1csc(C)c1)C1CCC(C(F)(F)F)CC1. The number of nitrogens with one attached hydrogen (secondary N) is 1. The molecule has 1 heterocycles. The van der Waals surface area contributed by atoms with E-state index in [9.17, 15) is 13.2 Å². The van der Waals surface area contributed by atoms with Crippen molar-refractivity contribution in [2.24, 2.45) is 11.8 Å². The summed E-state index contributed by atoms with van der Waals surface area (Å²) in [7, 11) is 1.90. The molecule has 1 aromatic rings. The molecule has 1 atom stereocenters. The molecule has 19 heavy (non-hydrogen) atoms. The molecule has 0 radical (unpaired) electrons. The first-order valence-electron chi connectivity index (χ1n) is 6.71. The van der Waals surface area contributed by atoms with Gasteiger partial charge in [-0.1, -0.05) is 0 Å². The number of thiophene rings is 1. The first-order valence-corrected chi connectivity index (χ1v) is 7.58. The van der Waals surface area contributed by atoms with Crippen molar-refractivity contribution in [3.8, 4) is 0 Å². The lowest BCUT2D eigenvalue weighted by molar-refractivity contribution is -0.184. The number of halogens is 3. The second-order valence-electron chi connectivity index (χ2n) is 5.41. The van der Waals surface area contributed by atoms with Crippen molar-refractivity contribution in [3.63, 3.8) is 0 Å². The van der Waals surface area contributed by atoms with E-state index < -0.39 is 12.1 Å². The van der Waals surface area contributed by atoms with E-state index in [4.69, 9.17) is 0 Å². The minimum absolute atomic E-state index is 0.194. The van der Waals surface area contributed by atoms with Crippen molar-refractivity contribution in [3.05, 3.63) is 21.9 Å². The molecule has 1 aliphatic carbocycles. The van der Waals surface area contributed by atoms with Gasteiger partial charge in [0.15, 0.2) is 0 Å². The molecule has 1 fully saturated rings. The van der Waals surface area contributed by atoms with E-state index in [1.54, 1.807) is 11.3 Å². The van der Waals surface area contributed by atoms with Crippen molar-refractivity contribution >= 4 is 11.3 Å². The Labute approximate surface area is 116 Å². The van der Waals surface area contributed by atoms with Gasteiger partial charge in [0, 0.05) is 10.9 Å². The summed E-state index contributed by atoms with van der Waals surface area (Å²) in [4.78, 5) is 1.25. The van der Waals surface area contributed by atoms with Crippen LogP contribution in [-0.2, 0) is 0 Å². The highest BCUT2D eigenvalue weighted by atomic mass is 32.1. The van der Waals surface area contributed by atoms with Crippen LogP contribution >= 0.6 is 11.3 Å². The molecule has 1 aromatic heterocycles. The maximum Gasteiger partial charge on any atom is 0.391 e. The molecule has 1 nitrogen and oxygen atoms in total. The van der Waals surface area contributed by atoms with Crippen LogP contribution in [0.1, 0.15) is 42.2 Å². The van der Waals surface area contributed by atoms with Crippen LogP contribution in [-0.4, -0.2) is 13.2 Å². The molecule has 5 heteroatoms. The van der Waals surface area contributed by atoms with E-state index in [2.05, 4.69) is 23.7 Å². The fourth-order valence-electron chi connectivity index (χ4n) is 3.08. The number of rotatable bonds is 3. The van der Waals surface area contributed by atoms with Gasteiger partial charge < -0.3 is 5.32 Å². The van der Waals surface area contributed by atoms with Gasteiger partial charge in [0.2, 0.25) is 0 Å². The molecule has 0 aromatic carbocycles. The van der Waals surface area contributed by atoms with Crippen molar-refractivity contribution in [1.82, 2.24) is 5.32 Å². The Morgan fingerprint density at radius 3 is 2.32 bits per heavy atom. The lowest BCUT2D eigenvalue weighted by atomic mass is 9.77. The molecular formula is C14H20F3NS. The van der Waals surface area contributed by atoms with E-state index in [0.717, 1.165) is 0 Å². The summed E-state index contributed by atoms with van der Waals surface area (Å²) in [6.45, 7) is 2.06. The fraction of sp³-hybridized carbons (Fsp3) is 0.714. The minimum Gasteiger partial charge on any atom is -0.313 e. The maximum atomic E-state index is 12.7. The van der Waals surface area contributed by atoms with E-state index in [1.165, 1.54) is 10.4 Å². The van der Waals surface area contributed by atoms with Crippen LogP contribution in [0.4, 0.5) is 13.2 Å². The zero-order chi connectivity index (χ0) is 14.0. The third kappa shape index (κ3) is 3.51. The molecule has 0 saturated heterocycles. The number of aryl methyl sites for hydroxylation is 1. The summed E-state index contributed by atoms with van der Waals surface area (Å²) < 4.78 is 38.0. The van der Waals surface area contributed by atoms with Crippen molar-refractivity contribution in [1.29, 1.82) is 0 Å². The highest BCUT2D eigenvalue weighted by Gasteiger charge is 2.42. The predicted molar refractivity (Wildman–Crippen MR) is 72.4 cm³/mol. The predicted octanol–water partition coefficient (Wildman–Crippen LogP) is 4.69. The molecule has 0 spiro atoms. The van der Waals surface area contributed by atoms with Crippen LogP contribution in [0.25, 0.3) is 0 Å². The monoisotopic (exact) mass is 291 g/mol. The van der Waals surface area contributed by atoms with Crippen molar-refractivity contribution in [2.45, 2.75) is 44.8 Å². The molecular weight excluding hydrogens is 271 g/mol. The Hall–Kier alpha value is -0.550. The third-order valence-electron chi connectivity index (χ3n) is 4.13. The van der Waals surface area contributed by atoms with Crippen LogP contribution < -0.4 is 5.32 Å². The maximum absolute atomic E-state index is 12.7. The molecule has 2 rings (SSSR count). The summed E-state index contributed by atoms with van der Waals surface area (Å²) in [6, 6.07) is 2.33. The van der Waals surface area contributed by atoms with Gasteiger partial charge in [-0.3, -0.25) is 0 Å². The number of hydrogen-bond acceptors (Lipinski definition) is 2. The average Bonchev–Trinajstić information content (AvgIpc) is 2.76. The van der Waals surface area contributed by atoms with E-state index in [0.29, 0.717) is 18.8 Å². The topological polar surface area (TPSA) is 12.0 Å². The van der Waals surface area contributed by atoms with Crippen LogP contribution in [0.5, 0.6) is 0 Å². The Bertz CT molecular complexity index is 405. The Morgan fingerprint density at radius 1 is 1.26 bits per heavy atom. The molecule has 1 N–H and O–H groups in total. The zero-order valence-corrected chi connectivity index (χ0v) is 12.1. The highest BCUT2D eigenvalue weighted by molar-refractivity contribution is 7.10. The van der Waals surface area contributed by atoms with Crippen LogP contribution in [0.15, 0.2) is 11.4 Å². The second-order valence-corrected chi connectivity index (χ2v) is 6.53. The van der Waals surface area contributed by atoms with Crippen molar-refractivity contribution < 1.29 is 13.2 Å². The van der Waals surface area contributed by atoms with Gasteiger partial charge >= 0.3 is 6.18 Å². The minimum atomic E-state index is -4.01. The lowest BCUT2D eigenvalue weighted by Crippen LogP contribution is -2.33. The highest BCUT2D eigenvalue weighted by Crippen LogP contribution is 2.43. The van der Waals surface area contributed by atoms with Gasteiger partial charge in [-0.25, -0.2) is 0 Å². The van der Waals surface area contributed by atoms with Gasteiger partial charge in [-0.2, -0.15) is 13.2 Å². The normalized spacial score (nSPS) is 26.4. The average molecular weight is 291 g/mol. The van der Waals surface area contributed by atoms with Crippen LogP contribution in [0, 0.1) is 18.8 Å². The number of hydrogen-bond donors (Lipinski definition) is 1. The van der Waals surface area contributed by atoms with E-state index in [1.807, 2.05) is 7.05 Å². The zero-order valence-electron chi connectivity index (χ0n) is 11.3. The standard InChI is InChI=1S/C14H20F3NS/c1-9-7-11(8-19-9)13(18-2)10-3-5-12(6-4-10)14(15,16)17/h7-8,10,12-13,18H,3-6H2,1-2H3. The molecule has 1 unspecified atom stereocenters. The first kappa shape index (κ1) is 14.9. The van der Waals surface area contributed by atoms with Crippen LogP contribution in [0.2, 0.25) is 0 Å². The number of alkyl halides is 3. The molecule has 0 bridgehead atoms. The summed E-state index contributed by atoms with van der Waals surface area (Å²) in [5.74, 6) is -0.775. The summed E-state index contributed by atoms with van der Waals surface area (Å²) >= 11 is 1.70. The van der Waals surface area contributed by atoms with Gasteiger partial charge in [0.05, 0.1) is 5.92 Å². The van der Waals surface area contributed by atoms with Crippen LogP contribution in [0.3, 0.4) is 0 Å². The molecule has 0 amide bonds. The van der Waals surface area contributed by atoms with Gasteiger partial charge in [-0.15, -0.1) is 11.3 Å². The largest absolute Gasteiger partial charge is 0.391 e. The van der Waals surface area contributed by atoms with E-state index in [-0.39, 0.29) is 18.9 Å². The quantitative estimate of drug-likeness (QED) is 0.852. The Kier molecular flexibility index (Phi) is 4.56. The van der Waals surface area contributed by atoms with Gasteiger partial charge in [0.1, 0.15) is 0 Å². The summed E-state index contributed by atoms with van der Waals surface area (Å²) in [5, 5.41) is 5.40. The van der Waals surface area contributed by atoms with Crippen molar-refractivity contribution in [2.75, 3.05) is 7.05 Å². The smallest absolute Gasteiger partial charge is 0.313 e. The molecule has 1 aliphatic rings. The van der Waals surface area contributed by atoms with Gasteiger partial charge in [0.25, 0.3) is 0 Å². The second kappa shape index (κ2) is 5.83. The third-order valence-corrected chi connectivity index (χ3v) is 5.01. The Morgan fingerprint density at radius 2 is 1.89 bits per heavy atom. The summed E-state index contributed by atoms with van der Waals surface area (Å²) in [5.41, 5.74) is 1.22. The Balaban J connectivity index is 1.99. The molecule has 108 valence electrons.